The van der Waals surface area contributed by atoms with Crippen molar-refractivity contribution >= 4 is 17.5 Å². The molecule has 0 heterocycles. The molecule has 106 valence electrons. The number of benzene rings is 1. The highest BCUT2D eigenvalue weighted by Gasteiger charge is 2.13. The van der Waals surface area contributed by atoms with Crippen molar-refractivity contribution < 1.29 is 4.79 Å². The second-order valence-electron chi connectivity index (χ2n) is 4.65. The van der Waals surface area contributed by atoms with Gasteiger partial charge in [-0.25, -0.2) is 0 Å². The van der Waals surface area contributed by atoms with E-state index in [4.69, 9.17) is 11.6 Å². The second kappa shape index (κ2) is 8.15. The Balaban J connectivity index is 2.46. The molecule has 1 aromatic rings. The molecule has 2 N–H and O–H groups in total. The number of hydrogen-bond acceptors (Lipinski definition) is 3. The van der Waals surface area contributed by atoms with Crippen LogP contribution in [-0.2, 0) is 4.79 Å². The number of rotatable bonds is 7. The summed E-state index contributed by atoms with van der Waals surface area (Å²) in [7, 11) is 3.82. The van der Waals surface area contributed by atoms with Gasteiger partial charge >= 0.3 is 0 Å². The Labute approximate surface area is 120 Å². The number of carbonyl (C=O) groups is 1. The normalized spacial score (nSPS) is 12.5. The molecule has 0 saturated heterocycles. The monoisotopic (exact) mass is 283 g/mol. The summed E-state index contributed by atoms with van der Waals surface area (Å²) in [6, 6.07) is 7.48. The van der Waals surface area contributed by atoms with Gasteiger partial charge in [-0.1, -0.05) is 29.8 Å². The minimum atomic E-state index is -0.0844. The van der Waals surface area contributed by atoms with Crippen LogP contribution in [0.5, 0.6) is 0 Å². The first-order valence-electron chi connectivity index (χ1n) is 6.41. The summed E-state index contributed by atoms with van der Waals surface area (Å²) in [5, 5.41) is 6.69. The van der Waals surface area contributed by atoms with Crippen molar-refractivity contribution in [3.8, 4) is 0 Å². The Morgan fingerprint density at radius 2 is 2.11 bits per heavy atom. The lowest BCUT2D eigenvalue weighted by molar-refractivity contribution is -0.122. The molecule has 4 nitrogen and oxygen atoms in total. The summed E-state index contributed by atoms with van der Waals surface area (Å²) in [5.41, 5.74) is 0.940. The van der Waals surface area contributed by atoms with Gasteiger partial charge in [-0.3, -0.25) is 9.69 Å². The topological polar surface area (TPSA) is 44.4 Å². The van der Waals surface area contributed by atoms with E-state index in [0.29, 0.717) is 11.6 Å². The lowest BCUT2D eigenvalue weighted by Gasteiger charge is -2.19. The van der Waals surface area contributed by atoms with Crippen molar-refractivity contribution in [3.05, 3.63) is 34.9 Å². The maximum atomic E-state index is 11.9. The lowest BCUT2D eigenvalue weighted by atomic mass is 10.1. The summed E-state index contributed by atoms with van der Waals surface area (Å²) >= 11 is 6.11. The van der Waals surface area contributed by atoms with E-state index < -0.39 is 0 Å². The van der Waals surface area contributed by atoms with Gasteiger partial charge in [0.05, 0.1) is 12.6 Å². The number of likely N-dealkylation sites (N-methyl/N-ethyl adjacent to an activating group) is 2. The fourth-order valence-corrected chi connectivity index (χ4v) is 2.12. The zero-order valence-electron chi connectivity index (χ0n) is 11.7. The Morgan fingerprint density at radius 3 is 2.74 bits per heavy atom. The maximum Gasteiger partial charge on any atom is 0.234 e. The van der Waals surface area contributed by atoms with Crippen molar-refractivity contribution in [1.29, 1.82) is 0 Å². The maximum absolute atomic E-state index is 11.9. The van der Waals surface area contributed by atoms with Gasteiger partial charge in [0.25, 0.3) is 0 Å². The van der Waals surface area contributed by atoms with E-state index in [1.165, 1.54) is 0 Å². The minimum Gasteiger partial charge on any atom is -0.348 e. The van der Waals surface area contributed by atoms with Crippen LogP contribution in [-0.4, -0.2) is 44.5 Å². The van der Waals surface area contributed by atoms with E-state index in [1.807, 2.05) is 50.2 Å². The van der Waals surface area contributed by atoms with Crippen molar-refractivity contribution in [1.82, 2.24) is 15.5 Å². The summed E-state index contributed by atoms with van der Waals surface area (Å²) < 4.78 is 0. The highest BCUT2D eigenvalue weighted by Crippen LogP contribution is 2.21. The average molecular weight is 284 g/mol. The molecule has 1 rings (SSSR count). The van der Waals surface area contributed by atoms with Gasteiger partial charge in [0.15, 0.2) is 0 Å². The van der Waals surface area contributed by atoms with Gasteiger partial charge in [0.1, 0.15) is 0 Å². The van der Waals surface area contributed by atoms with Crippen LogP contribution in [0.1, 0.15) is 18.5 Å². The molecule has 0 spiro atoms. The predicted molar refractivity (Wildman–Crippen MR) is 79.4 cm³/mol. The van der Waals surface area contributed by atoms with E-state index in [-0.39, 0.29) is 11.9 Å². The minimum absolute atomic E-state index is 0.00558. The fourth-order valence-electron chi connectivity index (χ4n) is 1.82. The van der Waals surface area contributed by atoms with E-state index in [1.54, 1.807) is 0 Å². The SMILES string of the molecule is CNCCN(C)CC(=O)NC(C)c1ccccc1Cl. The van der Waals surface area contributed by atoms with E-state index in [0.717, 1.165) is 18.7 Å². The highest BCUT2D eigenvalue weighted by molar-refractivity contribution is 6.31. The molecule has 1 unspecified atom stereocenters. The van der Waals surface area contributed by atoms with Crippen LogP contribution in [0, 0.1) is 0 Å². The van der Waals surface area contributed by atoms with Crippen LogP contribution >= 0.6 is 11.6 Å². The molecule has 1 aromatic carbocycles. The lowest BCUT2D eigenvalue weighted by Crippen LogP contribution is -2.38. The van der Waals surface area contributed by atoms with Gasteiger partial charge in [-0.15, -0.1) is 0 Å². The molecule has 1 atom stereocenters. The fraction of sp³-hybridized carbons (Fsp3) is 0.500. The number of carbonyl (C=O) groups excluding carboxylic acids is 1. The molecule has 0 aliphatic heterocycles. The number of halogens is 1. The number of nitrogens with one attached hydrogen (secondary N) is 2. The number of amides is 1. The molecule has 0 saturated carbocycles. The first-order chi connectivity index (χ1) is 9.04. The molecule has 0 aliphatic rings. The molecule has 0 fully saturated rings. The predicted octanol–water partition coefficient (Wildman–Crippen LogP) is 1.67. The Kier molecular flexibility index (Phi) is 6.84. The first-order valence-corrected chi connectivity index (χ1v) is 6.79. The van der Waals surface area contributed by atoms with Crippen molar-refractivity contribution in [3.63, 3.8) is 0 Å². The van der Waals surface area contributed by atoms with Crippen LogP contribution in [0.2, 0.25) is 5.02 Å². The van der Waals surface area contributed by atoms with Gasteiger partial charge < -0.3 is 10.6 Å². The summed E-state index contributed by atoms with van der Waals surface area (Å²) in [4.78, 5) is 13.9. The van der Waals surface area contributed by atoms with Crippen molar-refractivity contribution in [2.24, 2.45) is 0 Å². The molecular formula is C14H22ClN3O. The summed E-state index contributed by atoms with van der Waals surface area (Å²) in [5.74, 6) is 0.00558. The van der Waals surface area contributed by atoms with Crippen LogP contribution in [0.25, 0.3) is 0 Å². The van der Waals surface area contributed by atoms with Crippen LogP contribution < -0.4 is 10.6 Å². The Hall–Kier alpha value is -1.10. The summed E-state index contributed by atoms with van der Waals surface area (Å²) in [6.07, 6.45) is 0. The van der Waals surface area contributed by atoms with Crippen molar-refractivity contribution in [2.45, 2.75) is 13.0 Å². The van der Waals surface area contributed by atoms with Gasteiger partial charge in [-0.05, 0) is 32.6 Å². The number of hydrogen-bond donors (Lipinski definition) is 2. The second-order valence-corrected chi connectivity index (χ2v) is 5.06. The molecule has 0 radical (unpaired) electrons. The zero-order chi connectivity index (χ0) is 14.3. The standard InChI is InChI=1S/C14H22ClN3O/c1-11(12-6-4-5-7-13(12)15)17-14(19)10-18(3)9-8-16-2/h4-7,11,16H,8-10H2,1-3H3,(H,17,19). The zero-order valence-corrected chi connectivity index (χ0v) is 12.5. The largest absolute Gasteiger partial charge is 0.348 e. The molecule has 0 aliphatic carbocycles. The molecule has 0 bridgehead atoms. The molecule has 19 heavy (non-hydrogen) atoms. The third kappa shape index (κ3) is 5.59. The first kappa shape index (κ1) is 16.0. The van der Waals surface area contributed by atoms with Gasteiger partial charge in [-0.2, -0.15) is 0 Å². The van der Waals surface area contributed by atoms with E-state index >= 15 is 0 Å². The third-order valence-corrected chi connectivity index (χ3v) is 3.25. The molecular weight excluding hydrogens is 262 g/mol. The molecule has 1 amide bonds. The van der Waals surface area contributed by atoms with Gasteiger partial charge in [0, 0.05) is 18.1 Å². The van der Waals surface area contributed by atoms with Crippen LogP contribution in [0.15, 0.2) is 24.3 Å². The van der Waals surface area contributed by atoms with Crippen molar-refractivity contribution in [2.75, 3.05) is 33.7 Å². The van der Waals surface area contributed by atoms with Crippen LogP contribution in [0.4, 0.5) is 0 Å². The third-order valence-electron chi connectivity index (χ3n) is 2.91. The van der Waals surface area contributed by atoms with Gasteiger partial charge in [0.2, 0.25) is 5.91 Å². The Morgan fingerprint density at radius 1 is 1.42 bits per heavy atom. The molecule has 0 aromatic heterocycles. The smallest absolute Gasteiger partial charge is 0.234 e. The van der Waals surface area contributed by atoms with Crippen LogP contribution in [0.3, 0.4) is 0 Å². The summed E-state index contributed by atoms with van der Waals surface area (Å²) in [6.45, 7) is 4.03. The molecule has 5 heteroatoms. The Bertz CT molecular complexity index is 411. The highest BCUT2D eigenvalue weighted by atomic mass is 35.5. The number of nitrogens with zero attached hydrogens (tertiary/aromatic N) is 1. The van der Waals surface area contributed by atoms with E-state index in [2.05, 4.69) is 10.6 Å². The average Bonchev–Trinajstić information content (AvgIpc) is 2.36. The van der Waals surface area contributed by atoms with E-state index in [9.17, 15) is 4.79 Å². The quantitative estimate of drug-likeness (QED) is 0.800.